The maximum atomic E-state index is 13.6. The maximum absolute atomic E-state index is 13.6. The fourth-order valence-corrected chi connectivity index (χ4v) is 4.55. The van der Waals surface area contributed by atoms with E-state index in [1.807, 2.05) is 0 Å². The Morgan fingerprint density at radius 1 is 1.15 bits per heavy atom. The maximum Gasteiger partial charge on any atom is 0.416 e. The summed E-state index contributed by atoms with van der Waals surface area (Å²) in [6.07, 6.45) is -4.06. The lowest BCUT2D eigenvalue weighted by Gasteiger charge is -2.29. The zero-order valence-corrected chi connectivity index (χ0v) is 21.3. The minimum Gasteiger partial charge on any atom is -0.454 e. The molecule has 1 atom stereocenters. The Bertz CT molecular complexity index is 1540. The number of carbonyl (C=O) groups excluding carboxylic acids is 1. The number of aromatic nitrogens is 2. The van der Waals surface area contributed by atoms with E-state index in [4.69, 9.17) is 14.5 Å². The molecule has 1 N–H and O–H groups in total. The van der Waals surface area contributed by atoms with Crippen LogP contribution in [0.1, 0.15) is 52.6 Å². The second-order valence-corrected chi connectivity index (χ2v) is 9.21. The van der Waals surface area contributed by atoms with Gasteiger partial charge in [-0.3, -0.25) is 14.2 Å². The minimum atomic E-state index is -4.42. The number of hydrogen-bond acceptors (Lipinski definition) is 6. The topological polar surface area (TPSA) is 85.7 Å². The summed E-state index contributed by atoms with van der Waals surface area (Å²) in [6.45, 7) is 4.04. The molecule has 3 aromatic rings. The first-order valence-corrected chi connectivity index (χ1v) is 12.3. The third kappa shape index (κ3) is 5.27. The Hall–Kier alpha value is -4.46. The van der Waals surface area contributed by atoms with E-state index in [0.717, 1.165) is 12.1 Å². The first-order valence-electron chi connectivity index (χ1n) is 12.3. The number of benzene rings is 2. The van der Waals surface area contributed by atoms with Gasteiger partial charge in [-0.1, -0.05) is 18.1 Å². The first kappa shape index (κ1) is 26.2. The molecular weight excluding hydrogens is 513 g/mol. The van der Waals surface area contributed by atoms with Crippen molar-refractivity contribution >= 4 is 11.9 Å². The van der Waals surface area contributed by atoms with Crippen molar-refractivity contribution in [1.82, 2.24) is 14.5 Å². The predicted molar refractivity (Wildman–Crippen MR) is 136 cm³/mol. The van der Waals surface area contributed by atoms with Gasteiger partial charge in [0.15, 0.2) is 11.5 Å². The highest BCUT2D eigenvalue weighted by atomic mass is 19.4. The van der Waals surface area contributed by atoms with Crippen LogP contribution in [0.3, 0.4) is 0 Å². The number of fused-ring (bicyclic) bond motifs is 2. The molecule has 2 aliphatic heterocycles. The molecule has 0 radical (unpaired) electrons. The molecule has 0 aliphatic carbocycles. The van der Waals surface area contributed by atoms with Crippen molar-refractivity contribution in [2.24, 2.45) is 0 Å². The summed E-state index contributed by atoms with van der Waals surface area (Å²) in [4.78, 5) is 33.1. The van der Waals surface area contributed by atoms with Crippen LogP contribution in [0.2, 0.25) is 0 Å². The average Bonchev–Trinajstić information content (AvgIpc) is 3.40. The summed E-state index contributed by atoms with van der Waals surface area (Å²) in [5.74, 6) is 6.74. The van der Waals surface area contributed by atoms with Crippen LogP contribution >= 0.6 is 0 Å². The van der Waals surface area contributed by atoms with Gasteiger partial charge < -0.3 is 19.7 Å². The number of hydrogen-bond donors (Lipinski definition) is 1. The molecule has 1 amide bonds. The molecule has 1 unspecified atom stereocenters. The number of carbonyl (C=O) groups is 1. The monoisotopic (exact) mass is 538 g/mol. The van der Waals surface area contributed by atoms with E-state index in [9.17, 15) is 22.8 Å². The van der Waals surface area contributed by atoms with E-state index in [0.29, 0.717) is 46.8 Å². The Balaban J connectivity index is 1.41. The Kier molecular flexibility index (Phi) is 6.95. The molecule has 5 rings (SSSR count). The molecule has 39 heavy (non-hydrogen) atoms. The summed E-state index contributed by atoms with van der Waals surface area (Å²) in [7, 11) is 0. The third-order valence-electron chi connectivity index (χ3n) is 6.72. The van der Waals surface area contributed by atoms with Gasteiger partial charge in [0.2, 0.25) is 12.7 Å². The molecule has 3 heterocycles. The Labute approximate surface area is 222 Å². The van der Waals surface area contributed by atoms with Gasteiger partial charge in [0.1, 0.15) is 0 Å². The van der Waals surface area contributed by atoms with Gasteiger partial charge in [-0.05, 0) is 49.7 Å². The van der Waals surface area contributed by atoms with Gasteiger partial charge >= 0.3 is 6.18 Å². The lowest BCUT2D eigenvalue weighted by Crippen LogP contribution is -2.41. The van der Waals surface area contributed by atoms with Gasteiger partial charge in [-0.15, -0.1) is 5.92 Å². The van der Waals surface area contributed by atoms with Gasteiger partial charge in [-0.25, -0.2) is 4.98 Å². The van der Waals surface area contributed by atoms with E-state index >= 15 is 0 Å². The zero-order chi connectivity index (χ0) is 27.7. The van der Waals surface area contributed by atoms with Gasteiger partial charge in [0, 0.05) is 18.5 Å². The van der Waals surface area contributed by atoms with Crippen LogP contribution < -0.4 is 20.3 Å². The van der Waals surface area contributed by atoms with Crippen LogP contribution in [0.15, 0.2) is 47.3 Å². The first-order chi connectivity index (χ1) is 18.7. The molecule has 202 valence electrons. The summed E-state index contributed by atoms with van der Waals surface area (Å²) >= 11 is 0. The molecule has 8 nitrogen and oxygen atoms in total. The van der Waals surface area contributed by atoms with Crippen LogP contribution in [0.25, 0.3) is 0 Å². The molecule has 0 spiro atoms. The molecule has 1 aromatic heterocycles. The number of nitrogens with one attached hydrogen (secondary N) is 1. The third-order valence-corrected chi connectivity index (χ3v) is 6.72. The van der Waals surface area contributed by atoms with Crippen LogP contribution in [0, 0.1) is 11.8 Å². The van der Waals surface area contributed by atoms with Crippen molar-refractivity contribution in [2.45, 2.75) is 45.6 Å². The van der Waals surface area contributed by atoms with Crippen molar-refractivity contribution in [2.75, 3.05) is 18.7 Å². The van der Waals surface area contributed by atoms with Crippen LogP contribution in [0.4, 0.5) is 19.1 Å². The van der Waals surface area contributed by atoms with E-state index in [1.54, 1.807) is 36.9 Å². The standard InChI is InChI=1S/C28H25F3N4O4/c1-3-4-12-35-26(37)21-15-34(25(36)19-7-10-23-24(14-19)39-16-38-23)13-11-22(21)33-27(35)32-17(2)18-5-8-20(9-6-18)28(29,30)31/h5-10,14,17H,11-13,15-16H2,1-2H3,(H,32,33). The smallest absolute Gasteiger partial charge is 0.416 e. The highest BCUT2D eigenvalue weighted by molar-refractivity contribution is 5.95. The molecule has 0 saturated carbocycles. The fourth-order valence-electron chi connectivity index (χ4n) is 4.55. The Morgan fingerprint density at radius 3 is 2.62 bits per heavy atom. The largest absolute Gasteiger partial charge is 0.454 e. The van der Waals surface area contributed by atoms with Crippen LogP contribution in [-0.4, -0.2) is 33.7 Å². The summed E-state index contributed by atoms with van der Waals surface area (Å²) < 4.78 is 51.0. The molecule has 2 aliphatic rings. The molecule has 2 aromatic carbocycles. The van der Waals surface area contributed by atoms with Crippen molar-refractivity contribution < 1.29 is 27.4 Å². The van der Waals surface area contributed by atoms with Crippen LogP contribution in [-0.2, 0) is 25.7 Å². The number of rotatable bonds is 5. The SMILES string of the molecule is CC#CCn1c(NC(C)c2ccc(C(F)(F)F)cc2)nc2c(c1=O)CN(C(=O)c1ccc3c(c1)OCO3)CC2. The van der Waals surface area contributed by atoms with E-state index in [1.165, 1.54) is 16.7 Å². The molecular formula is C28H25F3N4O4. The average molecular weight is 539 g/mol. The summed E-state index contributed by atoms with van der Waals surface area (Å²) in [5.41, 5.74) is 0.937. The quantitative estimate of drug-likeness (QED) is 0.486. The molecule has 0 saturated heterocycles. The zero-order valence-electron chi connectivity index (χ0n) is 21.3. The lowest BCUT2D eigenvalue weighted by atomic mass is 10.0. The fraction of sp³-hybridized carbons (Fsp3) is 0.321. The predicted octanol–water partition coefficient (Wildman–Crippen LogP) is 4.39. The van der Waals surface area contributed by atoms with E-state index in [-0.39, 0.29) is 37.3 Å². The van der Waals surface area contributed by atoms with Gasteiger partial charge in [0.05, 0.1) is 36.0 Å². The van der Waals surface area contributed by atoms with E-state index in [2.05, 4.69) is 17.2 Å². The Morgan fingerprint density at radius 2 is 1.90 bits per heavy atom. The van der Waals surface area contributed by atoms with Crippen LogP contribution in [0.5, 0.6) is 11.5 Å². The van der Waals surface area contributed by atoms with Crippen molar-refractivity contribution in [3.8, 4) is 23.3 Å². The highest BCUT2D eigenvalue weighted by Crippen LogP contribution is 2.33. The van der Waals surface area contributed by atoms with Crippen molar-refractivity contribution in [3.05, 3.63) is 80.8 Å². The number of nitrogens with zero attached hydrogens (tertiary/aromatic N) is 3. The molecule has 0 fully saturated rings. The normalized spacial score (nSPS) is 14.7. The summed E-state index contributed by atoms with van der Waals surface area (Å²) in [6, 6.07) is 9.37. The van der Waals surface area contributed by atoms with Crippen molar-refractivity contribution in [3.63, 3.8) is 0 Å². The number of anilines is 1. The molecule has 0 bridgehead atoms. The lowest BCUT2D eigenvalue weighted by molar-refractivity contribution is -0.137. The van der Waals surface area contributed by atoms with Gasteiger partial charge in [-0.2, -0.15) is 13.2 Å². The van der Waals surface area contributed by atoms with Crippen molar-refractivity contribution in [1.29, 1.82) is 0 Å². The van der Waals surface area contributed by atoms with Gasteiger partial charge in [0.25, 0.3) is 11.5 Å². The molecule has 11 heteroatoms. The second kappa shape index (κ2) is 10.4. The number of ether oxygens (including phenoxy) is 2. The number of alkyl halides is 3. The number of halogens is 3. The highest BCUT2D eigenvalue weighted by Gasteiger charge is 2.31. The second-order valence-electron chi connectivity index (χ2n) is 9.21. The van der Waals surface area contributed by atoms with E-state index < -0.39 is 17.8 Å². The summed E-state index contributed by atoms with van der Waals surface area (Å²) in [5, 5.41) is 3.17. The number of amides is 1. The minimum absolute atomic E-state index is 0.0633.